The van der Waals surface area contributed by atoms with E-state index >= 15 is 0 Å². The van der Waals surface area contributed by atoms with Gasteiger partial charge in [0.1, 0.15) is 17.5 Å². The number of hydrogen-bond donors (Lipinski definition) is 1. The van der Waals surface area contributed by atoms with Crippen molar-refractivity contribution in [3.63, 3.8) is 0 Å². The first-order chi connectivity index (χ1) is 18.1. The Labute approximate surface area is 227 Å². The quantitative estimate of drug-likeness (QED) is 0.319. The number of carbonyl (C=O) groups is 2. The Kier molecular flexibility index (Phi) is 12.4. The van der Waals surface area contributed by atoms with E-state index < -0.39 is 16.1 Å². The Morgan fingerprint density at radius 1 is 0.974 bits per heavy atom. The molecule has 2 aromatic rings. The van der Waals surface area contributed by atoms with Crippen LogP contribution in [0, 0.1) is 0 Å². The van der Waals surface area contributed by atoms with Crippen LogP contribution in [-0.4, -0.2) is 64.7 Å². The molecule has 210 valence electrons. The number of amides is 2. The summed E-state index contributed by atoms with van der Waals surface area (Å²) in [4.78, 5) is 28.1. The molecule has 0 bridgehead atoms. The number of sulfonamides is 1. The van der Waals surface area contributed by atoms with Crippen LogP contribution in [0.1, 0.15) is 51.5 Å². The Balaban J connectivity index is 2.21. The molecular weight excluding hydrogens is 506 g/mol. The normalized spacial score (nSPS) is 11.9. The van der Waals surface area contributed by atoms with Crippen LogP contribution < -0.4 is 19.1 Å². The van der Waals surface area contributed by atoms with Crippen molar-refractivity contribution < 1.29 is 27.5 Å². The third kappa shape index (κ3) is 9.24. The molecule has 1 atom stereocenters. The SMILES string of the molecule is CCCCNC(=O)[C@H](CC)N(Cc1cccc(OC)c1)C(=O)CCCN(c1ccc(OC)cc1)S(C)(=O)=O. The molecule has 0 aliphatic carbocycles. The zero-order valence-corrected chi connectivity index (χ0v) is 23.9. The highest BCUT2D eigenvalue weighted by Gasteiger charge is 2.29. The summed E-state index contributed by atoms with van der Waals surface area (Å²) >= 11 is 0. The molecule has 10 heteroatoms. The number of benzene rings is 2. The molecule has 0 aliphatic rings. The number of ether oxygens (including phenoxy) is 2. The zero-order chi connectivity index (χ0) is 28.1. The van der Waals surface area contributed by atoms with E-state index in [0.29, 0.717) is 36.6 Å². The maximum Gasteiger partial charge on any atom is 0.242 e. The van der Waals surface area contributed by atoms with Gasteiger partial charge < -0.3 is 19.7 Å². The lowest BCUT2D eigenvalue weighted by Crippen LogP contribution is -2.49. The highest BCUT2D eigenvalue weighted by molar-refractivity contribution is 7.92. The molecule has 38 heavy (non-hydrogen) atoms. The maximum absolute atomic E-state index is 13.5. The summed E-state index contributed by atoms with van der Waals surface area (Å²) in [5, 5.41) is 2.95. The number of methoxy groups -OCH3 is 2. The average Bonchev–Trinajstić information content (AvgIpc) is 2.90. The average molecular weight is 548 g/mol. The predicted octanol–water partition coefficient (Wildman–Crippen LogP) is 3.97. The van der Waals surface area contributed by atoms with E-state index in [4.69, 9.17) is 9.47 Å². The highest BCUT2D eigenvalue weighted by Crippen LogP contribution is 2.23. The van der Waals surface area contributed by atoms with Crippen LogP contribution in [0.25, 0.3) is 0 Å². The molecule has 2 amide bonds. The van der Waals surface area contributed by atoms with Crippen LogP contribution >= 0.6 is 0 Å². The Morgan fingerprint density at radius 3 is 2.24 bits per heavy atom. The molecule has 1 N–H and O–H groups in total. The largest absolute Gasteiger partial charge is 0.497 e. The van der Waals surface area contributed by atoms with Gasteiger partial charge in [0, 0.05) is 26.1 Å². The Bertz CT molecular complexity index is 1140. The maximum atomic E-state index is 13.5. The van der Waals surface area contributed by atoms with Gasteiger partial charge in [0.25, 0.3) is 0 Å². The van der Waals surface area contributed by atoms with Gasteiger partial charge >= 0.3 is 0 Å². The van der Waals surface area contributed by atoms with E-state index in [1.807, 2.05) is 38.1 Å². The van der Waals surface area contributed by atoms with Gasteiger partial charge in [-0.2, -0.15) is 0 Å². The second-order valence-corrected chi connectivity index (χ2v) is 11.0. The minimum atomic E-state index is -3.57. The molecule has 2 aromatic carbocycles. The summed E-state index contributed by atoms with van der Waals surface area (Å²) in [7, 11) is -0.450. The van der Waals surface area contributed by atoms with Crippen LogP contribution in [0.5, 0.6) is 11.5 Å². The van der Waals surface area contributed by atoms with Crippen molar-refractivity contribution in [1.29, 1.82) is 0 Å². The molecule has 0 aromatic heterocycles. The molecule has 0 saturated heterocycles. The summed E-state index contributed by atoms with van der Waals surface area (Å²) in [6, 6.07) is 13.5. The van der Waals surface area contributed by atoms with Gasteiger partial charge in [-0.15, -0.1) is 0 Å². The molecule has 0 unspecified atom stereocenters. The number of rotatable bonds is 16. The van der Waals surface area contributed by atoms with E-state index in [0.717, 1.165) is 24.7 Å². The monoisotopic (exact) mass is 547 g/mol. The molecule has 0 aliphatic heterocycles. The lowest BCUT2D eigenvalue weighted by Gasteiger charge is -2.31. The lowest BCUT2D eigenvalue weighted by atomic mass is 10.1. The van der Waals surface area contributed by atoms with Gasteiger partial charge in [-0.25, -0.2) is 8.42 Å². The summed E-state index contributed by atoms with van der Waals surface area (Å²) in [6.07, 6.45) is 3.79. The fraction of sp³-hybridized carbons (Fsp3) is 0.500. The van der Waals surface area contributed by atoms with E-state index in [9.17, 15) is 18.0 Å². The Hall–Kier alpha value is -3.27. The highest BCUT2D eigenvalue weighted by atomic mass is 32.2. The molecule has 2 rings (SSSR count). The summed E-state index contributed by atoms with van der Waals surface area (Å²) < 4.78 is 36.8. The first-order valence-electron chi connectivity index (χ1n) is 13.0. The molecule has 0 heterocycles. The predicted molar refractivity (Wildman–Crippen MR) is 150 cm³/mol. The van der Waals surface area contributed by atoms with Gasteiger partial charge in [0.15, 0.2) is 0 Å². The third-order valence-corrected chi connectivity index (χ3v) is 7.41. The fourth-order valence-electron chi connectivity index (χ4n) is 4.15. The van der Waals surface area contributed by atoms with Crippen LogP contribution in [0.15, 0.2) is 48.5 Å². The van der Waals surface area contributed by atoms with Crippen LogP contribution in [0.3, 0.4) is 0 Å². The smallest absolute Gasteiger partial charge is 0.242 e. The van der Waals surface area contributed by atoms with E-state index in [1.54, 1.807) is 43.4 Å². The van der Waals surface area contributed by atoms with Crippen molar-refractivity contribution in [3.05, 3.63) is 54.1 Å². The lowest BCUT2D eigenvalue weighted by molar-refractivity contribution is -0.141. The standard InChI is InChI=1S/C28H41N3O6S/c1-6-8-18-29-28(33)26(7-2)30(21-22-11-9-12-25(20-22)37-4)27(32)13-10-19-31(38(5,34)35)23-14-16-24(36-3)17-15-23/h9,11-12,14-17,20,26H,6-8,10,13,18-19,21H2,1-5H3,(H,29,33)/t26-/m0/s1. The van der Waals surface area contributed by atoms with Gasteiger partial charge in [-0.05, 0) is 61.2 Å². The topological polar surface area (TPSA) is 105 Å². The van der Waals surface area contributed by atoms with Crippen molar-refractivity contribution in [2.75, 3.05) is 37.9 Å². The molecule has 9 nitrogen and oxygen atoms in total. The van der Waals surface area contributed by atoms with Gasteiger partial charge in [0.2, 0.25) is 21.8 Å². The van der Waals surface area contributed by atoms with E-state index in [2.05, 4.69) is 5.32 Å². The van der Waals surface area contributed by atoms with Crippen molar-refractivity contribution in [1.82, 2.24) is 10.2 Å². The second kappa shape index (κ2) is 15.2. The van der Waals surface area contributed by atoms with Gasteiger partial charge in [-0.1, -0.05) is 32.4 Å². The fourth-order valence-corrected chi connectivity index (χ4v) is 5.11. The summed E-state index contributed by atoms with van der Waals surface area (Å²) in [5.74, 6) is 0.883. The van der Waals surface area contributed by atoms with Gasteiger partial charge in [0.05, 0.1) is 26.2 Å². The number of anilines is 1. The summed E-state index contributed by atoms with van der Waals surface area (Å²) in [6.45, 7) is 4.85. The number of hydrogen-bond acceptors (Lipinski definition) is 6. The van der Waals surface area contributed by atoms with E-state index in [1.165, 1.54) is 4.31 Å². The first kappa shape index (κ1) is 31.0. The minimum absolute atomic E-state index is 0.0882. The van der Waals surface area contributed by atoms with Crippen LogP contribution in [-0.2, 0) is 26.2 Å². The van der Waals surface area contributed by atoms with Crippen LogP contribution in [0.2, 0.25) is 0 Å². The minimum Gasteiger partial charge on any atom is -0.497 e. The number of nitrogens with one attached hydrogen (secondary N) is 1. The molecule has 0 fully saturated rings. The molecular formula is C28H41N3O6S. The molecule has 0 saturated carbocycles. The van der Waals surface area contributed by atoms with Crippen molar-refractivity contribution in [2.24, 2.45) is 0 Å². The molecule has 0 spiro atoms. The summed E-state index contributed by atoms with van der Waals surface area (Å²) in [5.41, 5.74) is 1.34. The first-order valence-corrected chi connectivity index (χ1v) is 14.8. The second-order valence-electron chi connectivity index (χ2n) is 9.08. The van der Waals surface area contributed by atoms with Crippen LogP contribution in [0.4, 0.5) is 5.69 Å². The zero-order valence-electron chi connectivity index (χ0n) is 23.1. The Morgan fingerprint density at radius 2 is 1.66 bits per heavy atom. The van der Waals surface area contributed by atoms with E-state index in [-0.39, 0.29) is 31.3 Å². The van der Waals surface area contributed by atoms with Gasteiger partial charge in [-0.3, -0.25) is 13.9 Å². The number of unbranched alkanes of at least 4 members (excludes halogenated alkanes) is 1. The van der Waals surface area contributed by atoms with Crippen molar-refractivity contribution in [3.8, 4) is 11.5 Å². The number of nitrogens with zero attached hydrogens (tertiary/aromatic N) is 2. The number of carbonyl (C=O) groups excluding carboxylic acids is 2. The molecule has 0 radical (unpaired) electrons. The van der Waals surface area contributed by atoms with Crippen molar-refractivity contribution in [2.45, 2.75) is 58.5 Å². The van der Waals surface area contributed by atoms with Crippen molar-refractivity contribution >= 4 is 27.5 Å². The third-order valence-electron chi connectivity index (χ3n) is 6.22.